The lowest BCUT2D eigenvalue weighted by atomic mass is 10.1. The minimum absolute atomic E-state index is 0.0140. The summed E-state index contributed by atoms with van der Waals surface area (Å²) in [5.41, 5.74) is 1.04. The number of carbonyl (C=O) groups excluding carboxylic acids is 1. The molecule has 0 heterocycles. The van der Waals surface area contributed by atoms with Gasteiger partial charge in [0.05, 0.1) is 5.57 Å². The fraction of sp³-hybridized carbons (Fsp3) is 0.182. The Hall–Kier alpha value is -0.990. The summed E-state index contributed by atoms with van der Waals surface area (Å²) in [7, 11) is 3.31. The highest BCUT2D eigenvalue weighted by atomic mass is 35.5. The van der Waals surface area contributed by atoms with Crippen molar-refractivity contribution in [2.24, 2.45) is 0 Å². The van der Waals surface area contributed by atoms with Crippen molar-refractivity contribution >= 4 is 34.7 Å². The van der Waals surface area contributed by atoms with Crippen molar-refractivity contribution in [3.8, 4) is 0 Å². The lowest BCUT2D eigenvalue weighted by molar-refractivity contribution is -0.122. The van der Waals surface area contributed by atoms with E-state index in [9.17, 15) is 4.79 Å². The second-order valence-corrected chi connectivity index (χ2v) is 4.15. The van der Waals surface area contributed by atoms with Crippen molar-refractivity contribution in [1.82, 2.24) is 4.90 Å². The molecule has 0 spiro atoms. The van der Waals surface area contributed by atoms with Gasteiger partial charge in [-0.25, -0.2) is 0 Å². The van der Waals surface area contributed by atoms with Gasteiger partial charge in [0.2, 0.25) is 0 Å². The Bertz CT molecular complexity index is 381. The van der Waals surface area contributed by atoms with Crippen LogP contribution in [0.1, 0.15) is 5.56 Å². The smallest absolute Gasteiger partial charge is 0.256 e. The summed E-state index contributed by atoms with van der Waals surface area (Å²) < 4.78 is -0.0140. The molecule has 0 aliphatic heterocycles. The van der Waals surface area contributed by atoms with Crippen LogP contribution in [0.15, 0.2) is 34.8 Å². The number of nitrogens with zero attached hydrogens (tertiary/aromatic N) is 1. The Kier molecular flexibility index (Phi) is 4.18. The van der Waals surface area contributed by atoms with Crippen LogP contribution in [0.2, 0.25) is 0 Å². The minimum Gasteiger partial charge on any atom is -0.345 e. The average Bonchev–Trinajstić information content (AvgIpc) is 2.18. The molecular weight excluding hydrogens is 233 g/mol. The van der Waals surface area contributed by atoms with Crippen LogP contribution in [-0.2, 0) is 4.79 Å². The number of halogens is 2. The summed E-state index contributed by atoms with van der Waals surface area (Å²) in [5.74, 6) is -0.207. The van der Waals surface area contributed by atoms with Crippen LogP contribution in [-0.4, -0.2) is 24.9 Å². The van der Waals surface area contributed by atoms with Crippen LogP contribution in [0.5, 0.6) is 0 Å². The summed E-state index contributed by atoms with van der Waals surface area (Å²) in [6.07, 6.45) is 0. The van der Waals surface area contributed by atoms with Gasteiger partial charge in [-0.2, -0.15) is 0 Å². The molecule has 1 aromatic carbocycles. The summed E-state index contributed by atoms with van der Waals surface area (Å²) in [6, 6.07) is 9.11. The first-order chi connectivity index (χ1) is 7.04. The van der Waals surface area contributed by atoms with Crippen LogP contribution in [0.25, 0.3) is 5.57 Å². The standard InChI is InChI=1S/C11H11Cl2NO/c1-14(2)11(15)9(10(12)13)8-6-4-3-5-7-8/h3-7H,1-2H3. The molecule has 0 saturated heterocycles. The quantitative estimate of drug-likeness (QED) is 0.732. The molecule has 0 aliphatic rings. The van der Waals surface area contributed by atoms with Gasteiger partial charge in [-0.15, -0.1) is 0 Å². The summed E-state index contributed by atoms with van der Waals surface area (Å²) in [6.45, 7) is 0. The fourth-order valence-corrected chi connectivity index (χ4v) is 1.52. The molecule has 2 nitrogen and oxygen atoms in total. The van der Waals surface area contributed by atoms with E-state index in [-0.39, 0.29) is 10.4 Å². The molecule has 15 heavy (non-hydrogen) atoms. The third-order valence-electron chi connectivity index (χ3n) is 1.87. The highest BCUT2D eigenvalue weighted by Crippen LogP contribution is 2.25. The second-order valence-electron chi connectivity index (χ2n) is 3.20. The molecule has 1 rings (SSSR count). The number of amides is 1. The van der Waals surface area contributed by atoms with Crippen molar-refractivity contribution < 1.29 is 4.79 Å². The van der Waals surface area contributed by atoms with E-state index >= 15 is 0 Å². The van der Waals surface area contributed by atoms with E-state index in [0.29, 0.717) is 5.57 Å². The van der Waals surface area contributed by atoms with Crippen LogP contribution in [0.3, 0.4) is 0 Å². The predicted octanol–water partition coefficient (Wildman–Crippen LogP) is 2.92. The molecule has 0 aromatic heterocycles. The van der Waals surface area contributed by atoms with Crippen molar-refractivity contribution in [2.45, 2.75) is 0 Å². The zero-order valence-corrected chi connectivity index (χ0v) is 10.0. The Labute approximate surface area is 99.1 Å². The number of benzene rings is 1. The maximum atomic E-state index is 11.8. The lowest BCUT2D eigenvalue weighted by Gasteiger charge is -2.13. The van der Waals surface area contributed by atoms with E-state index in [0.717, 1.165) is 5.56 Å². The monoisotopic (exact) mass is 243 g/mol. The first-order valence-electron chi connectivity index (χ1n) is 4.36. The molecule has 0 aliphatic carbocycles. The molecule has 80 valence electrons. The molecule has 0 fully saturated rings. The summed E-state index contributed by atoms with van der Waals surface area (Å²) in [5, 5.41) is 0. The van der Waals surface area contributed by atoms with E-state index in [1.54, 1.807) is 26.2 Å². The maximum Gasteiger partial charge on any atom is 0.256 e. The summed E-state index contributed by atoms with van der Waals surface area (Å²) >= 11 is 11.4. The molecule has 1 aromatic rings. The number of likely N-dealkylation sites (N-methyl/N-ethyl adjacent to an activating group) is 1. The highest BCUT2D eigenvalue weighted by Gasteiger charge is 2.17. The normalized spacial score (nSPS) is 9.60. The van der Waals surface area contributed by atoms with Crippen LogP contribution < -0.4 is 0 Å². The van der Waals surface area contributed by atoms with Gasteiger partial charge in [-0.1, -0.05) is 53.5 Å². The van der Waals surface area contributed by atoms with Crippen molar-refractivity contribution in [3.63, 3.8) is 0 Å². The van der Waals surface area contributed by atoms with Crippen LogP contribution >= 0.6 is 23.2 Å². The second kappa shape index (κ2) is 5.19. The molecule has 0 N–H and O–H groups in total. The number of rotatable bonds is 2. The van der Waals surface area contributed by atoms with Crippen molar-refractivity contribution in [2.75, 3.05) is 14.1 Å². The number of carbonyl (C=O) groups is 1. The Morgan fingerprint density at radius 3 is 2.07 bits per heavy atom. The zero-order valence-electron chi connectivity index (χ0n) is 8.50. The van der Waals surface area contributed by atoms with Gasteiger partial charge in [-0.05, 0) is 5.56 Å². The minimum atomic E-state index is -0.207. The van der Waals surface area contributed by atoms with Gasteiger partial charge >= 0.3 is 0 Å². The molecular formula is C11H11Cl2NO. The predicted molar refractivity (Wildman–Crippen MR) is 63.8 cm³/mol. The molecule has 0 saturated carbocycles. The Balaban J connectivity index is 3.18. The molecule has 4 heteroatoms. The summed E-state index contributed by atoms with van der Waals surface area (Å²) in [4.78, 5) is 13.2. The Morgan fingerprint density at radius 1 is 1.13 bits per heavy atom. The van der Waals surface area contributed by atoms with Gasteiger partial charge in [-0.3, -0.25) is 4.79 Å². The van der Waals surface area contributed by atoms with Crippen LogP contribution in [0.4, 0.5) is 0 Å². The highest BCUT2D eigenvalue weighted by molar-refractivity contribution is 6.61. The first kappa shape index (κ1) is 12.1. The molecule has 1 amide bonds. The average molecular weight is 244 g/mol. The van der Waals surface area contributed by atoms with Gasteiger partial charge < -0.3 is 4.90 Å². The van der Waals surface area contributed by atoms with E-state index < -0.39 is 0 Å². The molecule has 0 radical (unpaired) electrons. The van der Waals surface area contributed by atoms with E-state index in [1.165, 1.54) is 4.90 Å². The maximum absolute atomic E-state index is 11.8. The topological polar surface area (TPSA) is 20.3 Å². The third kappa shape index (κ3) is 2.98. The van der Waals surface area contributed by atoms with Gasteiger partial charge in [0.1, 0.15) is 4.49 Å². The molecule has 0 unspecified atom stereocenters. The first-order valence-corrected chi connectivity index (χ1v) is 5.12. The molecule has 0 bridgehead atoms. The Morgan fingerprint density at radius 2 is 1.67 bits per heavy atom. The zero-order chi connectivity index (χ0) is 11.4. The number of hydrogen-bond donors (Lipinski definition) is 0. The van der Waals surface area contributed by atoms with Gasteiger partial charge in [0, 0.05) is 14.1 Å². The third-order valence-corrected chi connectivity index (χ3v) is 2.25. The van der Waals surface area contributed by atoms with E-state index in [2.05, 4.69) is 0 Å². The van der Waals surface area contributed by atoms with Crippen molar-refractivity contribution in [3.05, 3.63) is 40.4 Å². The molecule has 0 atom stereocenters. The van der Waals surface area contributed by atoms with E-state index in [1.807, 2.05) is 18.2 Å². The largest absolute Gasteiger partial charge is 0.345 e. The lowest BCUT2D eigenvalue weighted by Crippen LogP contribution is -2.23. The van der Waals surface area contributed by atoms with Crippen LogP contribution in [0, 0.1) is 0 Å². The van der Waals surface area contributed by atoms with Crippen molar-refractivity contribution in [1.29, 1.82) is 0 Å². The number of hydrogen-bond acceptors (Lipinski definition) is 1. The fourth-order valence-electron chi connectivity index (χ4n) is 1.14. The SMILES string of the molecule is CN(C)C(=O)C(=C(Cl)Cl)c1ccccc1. The van der Waals surface area contributed by atoms with E-state index in [4.69, 9.17) is 23.2 Å². The van der Waals surface area contributed by atoms with Gasteiger partial charge in [0.25, 0.3) is 5.91 Å². The van der Waals surface area contributed by atoms with Gasteiger partial charge in [0.15, 0.2) is 0 Å².